The van der Waals surface area contributed by atoms with Gasteiger partial charge >= 0.3 is 0 Å². The van der Waals surface area contributed by atoms with Crippen LogP contribution in [0.1, 0.15) is 39.5 Å². The lowest BCUT2D eigenvalue weighted by molar-refractivity contribution is -0.121. The highest BCUT2D eigenvalue weighted by Gasteiger charge is 2.04. The summed E-state index contributed by atoms with van der Waals surface area (Å²) in [5, 5.41) is 2.82. The fourth-order valence-corrected chi connectivity index (χ4v) is 0.998. The number of hydrogen-bond acceptors (Lipinski definition) is 1. The molecule has 2 nitrogen and oxygen atoms in total. The minimum absolute atomic E-state index is 0.0980. The van der Waals surface area contributed by atoms with Crippen LogP contribution in [0.3, 0.4) is 0 Å². The van der Waals surface area contributed by atoms with E-state index in [4.69, 9.17) is 11.6 Å². The molecular weight excluding hydrogens is 174 g/mol. The molecule has 0 saturated heterocycles. The van der Waals surface area contributed by atoms with Crippen LogP contribution in [0.4, 0.5) is 0 Å². The van der Waals surface area contributed by atoms with Crippen LogP contribution in [0.2, 0.25) is 0 Å². The number of alkyl halides is 1. The fraction of sp³-hybridized carbons (Fsp3) is 0.889. The Morgan fingerprint density at radius 3 is 2.67 bits per heavy atom. The van der Waals surface area contributed by atoms with E-state index < -0.39 is 0 Å². The second kappa shape index (κ2) is 7.41. The van der Waals surface area contributed by atoms with Crippen molar-refractivity contribution < 1.29 is 4.79 Å². The zero-order valence-corrected chi connectivity index (χ0v) is 8.66. The average molecular weight is 192 g/mol. The molecule has 1 unspecified atom stereocenters. The molecule has 3 heteroatoms. The Bertz CT molecular complexity index is 128. The van der Waals surface area contributed by atoms with Crippen molar-refractivity contribution in [3.63, 3.8) is 0 Å². The molecular formula is C9H18ClNO. The molecule has 0 rings (SSSR count). The topological polar surface area (TPSA) is 29.1 Å². The molecule has 0 heterocycles. The Labute approximate surface area is 79.7 Å². The third kappa shape index (κ3) is 6.47. The van der Waals surface area contributed by atoms with Crippen molar-refractivity contribution in [2.75, 3.05) is 5.88 Å². The predicted molar refractivity (Wildman–Crippen MR) is 52.5 cm³/mol. The number of rotatable bonds is 6. The third-order valence-electron chi connectivity index (χ3n) is 1.65. The average Bonchev–Trinajstić information content (AvgIpc) is 2.05. The summed E-state index contributed by atoms with van der Waals surface area (Å²) < 4.78 is 0. The molecule has 0 bridgehead atoms. The highest BCUT2D eigenvalue weighted by molar-refractivity contribution is 6.18. The van der Waals surface area contributed by atoms with E-state index in [1.165, 1.54) is 0 Å². The van der Waals surface area contributed by atoms with Gasteiger partial charge in [0, 0.05) is 18.3 Å². The van der Waals surface area contributed by atoms with Crippen molar-refractivity contribution >= 4 is 17.5 Å². The first-order valence-electron chi connectivity index (χ1n) is 4.56. The van der Waals surface area contributed by atoms with Gasteiger partial charge in [0.1, 0.15) is 0 Å². The van der Waals surface area contributed by atoms with Gasteiger partial charge in [-0.15, -0.1) is 11.6 Å². The van der Waals surface area contributed by atoms with Gasteiger partial charge in [-0.2, -0.15) is 0 Å². The summed E-state index contributed by atoms with van der Waals surface area (Å²) in [7, 11) is 0. The lowest BCUT2D eigenvalue weighted by Crippen LogP contribution is -2.33. The van der Waals surface area contributed by atoms with Crippen LogP contribution in [0, 0.1) is 0 Å². The number of amides is 1. The van der Waals surface area contributed by atoms with E-state index in [9.17, 15) is 4.79 Å². The molecule has 0 saturated carbocycles. The maximum atomic E-state index is 11.1. The number of unbranched alkanes of at least 4 members (excludes halogenated alkanes) is 2. The van der Waals surface area contributed by atoms with Crippen molar-refractivity contribution in [3.05, 3.63) is 0 Å². The zero-order valence-electron chi connectivity index (χ0n) is 7.90. The fourth-order valence-electron chi connectivity index (χ4n) is 0.921. The molecule has 0 aromatic heterocycles. The second-order valence-corrected chi connectivity index (χ2v) is 3.39. The molecule has 0 aromatic carbocycles. The molecule has 12 heavy (non-hydrogen) atoms. The Morgan fingerprint density at radius 2 is 2.17 bits per heavy atom. The summed E-state index contributed by atoms with van der Waals surface area (Å²) in [4.78, 5) is 11.1. The van der Waals surface area contributed by atoms with E-state index in [1.54, 1.807) is 0 Å². The quantitative estimate of drug-likeness (QED) is 0.507. The second-order valence-electron chi connectivity index (χ2n) is 3.08. The number of nitrogens with one attached hydrogen (secondary N) is 1. The number of hydrogen-bond donors (Lipinski definition) is 1. The summed E-state index contributed by atoms with van der Waals surface area (Å²) in [5.74, 6) is 0.607. The van der Waals surface area contributed by atoms with Gasteiger partial charge in [0.15, 0.2) is 0 Å². The minimum atomic E-state index is 0.0980. The summed E-state index contributed by atoms with van der Waals surface area (Å²) >= 11 is 5.54. The summed E-state index contributed by atoms with van der Waals surface area (Å²) in [6.45, 7) is 4.03. The first-order valence-corrected chi connectivity index (χ1v) is 5.09. The van der Waals surface area contributed by atoms with Crippen molar-refractivity contribution in [2.24, 2.45) is 0 Å². The van der Waals surface area contributed by atoms with Crippen molar-refractivity contribution in [3.8, 4) is 0 Å². The zero-order chi connectivity index (χ0) is 9.40. The Morgan fingerprint density at radius 1 is 1.50 bits per heavy atom. The number of carbonyl (C=O) groups excluding carboxylic acids is 1. The van der Waals surface area contributed by atoms with E-state index in [0.717, 1.165) is 19.3 Å². The molecule has 0 aromatic rings. The smallest absolute Gasteiger partial charge is 0.220 e. The molecule has 72 valence electrons. The van der Waals surface area contributed by atoms with Crippen LogP contribution < -0.4 is 5.32 Å². The predicted octanol–water partition coefficient (Wildman–Crippen LogP) is 2.31. The van der Waals surface area contributed by atoms with Gasteiger partial charge in [-0.1, -0.05) is 19.8 Å². The van der Waals surface area contributed by atoms with Crippen LogP contribution in [0.25, 0.3) is 0 Å². The van der Waals surface area contributed by atoms with Gasteiger partial charge in [0.2, 0.25) is 5.91 Å². The summed E-state index contributed by atoms with van der Waals surface area (Å²) in [6, 6.07) is 0.0980. The largest absolute Gasteiger partial charge is 0.352 e. The molecule has 0 radical (unpaired) electrons. The van der Waals surface area contributed by atoms with Crippen LogP contribution >= 0.6 is 11.6 Å². The highest BCUT2D eigenvalue weighted by Crippen LogP contribution is 1.99. The Hall–Kier alpha value is -0.240. The van der Waals surface area contributed by atoms with E-state index in [1.807, 2.05) is 6.92 Å². The van der Waals surface area contributed by atoms with E-state index >= 15 is 0 Å². The number of carbonyl (C=O) groups is 1. The monoisotopic (exact) mass is 191 g/mol. The van der Waals surface area contributed by atoms with Crippen LogP contribution in [-0.4, -0.2) is 17.8 Å². The molecule has 0 aliphatic carbocycles. The third-order valence-corrected chi connectivity index (χ3v) is 2.11. The first kappa shape index (κ1) is 11.8. The molecule has 0 fully saturated rings. The molecule has 1 N–H and O–H groups in total. The number of halogens is 1. The SMILES string of the molecule is CCCCCC(=O)NC(C)CCl. The molecule has 0 aliphatic heterocycles. The van der Waals surface area contributed by atoms with Gasteiger partial charge in [-0.05, 0) is 13.3 Å². The minimum Gasteiger partial charge on any atom is -0.352 e. The highest BCUT2D eigenvalue weighted by atomic mass is 35.5. The van der Waals surface area contributed by atoms with Crippen LogP contribution in [0.15, 0.2) is 0 Å². The standard InChI is InChI=1S/C9H18ClNO/c1-3-4-5-6-9(12)11-8(2)7-10/h8H,3-7H2,1-2H3,(H,11,12). The van der Waals surface area contributed by atoms with Gasteiger partial charge in [0.05, 0.1) is 0 Å². The molecule has 0 aliphatic rings. The summed E-state index contributed by atoms with van der Waals surface area (Å²) in [5.41, 5.74) is 0. The molecule has 0 spiro atoms. The van der Waals surface area contributed by atoms with Crippen molar-refractivity contribution in [1.82, 2.24) is 5.32 Å². The van der Waals surface area contributed by atoms with Gasteiger partial charge in [0.25, 0.3) is 0 Å². The van der Waals surface area contributed by atoms with Gasteiger partial charge in [-0.3, -0.25) is 4.79 Å². The lowest BCUT2D eigenvalue weighted by atomic mass is 10.2. The van der Waals surface area contributed by atoms with E-state index in [-0.39, 0.29) is 11.9 Å². The maximum absolute atomic E-state index is 11.1. The maximum Gasteiger partial charge on any atom is 0.220 e. The van der Waals surface area contributed by atoms with E-state index in [0.29, 0.717) is 12.3 Å². The Balaban J connectivity index is 3.33. The molecule has 1 atom stereocenters. The molecule has 1 amide bonds. The van der Waals surface area contributed by atoms with Crippen molar-refractivity contribution in [2.45, 2.75) is 45.6 Å². The van der Waals surface area contributed by atoms with Crippen LogP contribution in [-0.2, 0) is 4.79 Å². The van der Waals surface area contributed by atoms with Gasteiger partial charge < -0.3 is 5.32 Å². The van der Waals surface area contributed by atoms with Gasteiger partial charge in [-0.25, -0.2) is 0 Å². The lowest BCUT2D eigenvalue weighted by Gasteiger charge is -2.09. The van der Waals surface area contributed by atoms with Crippen molar-refractivity contribution in [1.29, 1.82) is 0 Å². The summed E-state index contributed by atoms with van der Waals surface area (Å²) in [6.07, 6.45) is 3.90. The van der Waals surface area contributed by atoms with E-state index in [2.05, 4.69) is 12.2 Å². The normalized spacial score (nSPS) is 12.6. The Kier molecular flexibility index (Phi) is 7.26. The first-order chi connectivity index (χ1) is 5.70. The van der Waals surface area contributed by atoms with Crippen LogP contribution in [0.5, 0.6) is 0 Å².